The fraction of sp³-hybridized carbons (Fsp3) is 0.250. The van der Waals surface area contributed by atoms with Gasteiger partial charge in [-0.25, -0.2) is 4.39 Å². The van der Waals surface area contributed by atoms with Gasteiger partial charge in [-0.2, -0.15) is 0 Å². The fourth-order valence-electron chi connectivity index (χ4n) is 3.34. The third-order valence-electron chi connectivity index (χ3n) is 4.72. The van der Waals surface area contributed by atoms with E-state index in [-0.39, 0.29) is 11.7 Å². The number of halogens is 1. The van der Waals surface area contributed by atoms with E-state index < -0.39 is 0 Å². The highest BCUT2D eigenvalue weighted by Gasteiger charge is 2.23. The number of nitrogens with zero attached hydrogens (tertiary/aromatic N) is 2. The lowest BCUT2D eigenvalue weighted by Gasteiger charge is -2.34. The number of benzene rings is 2. The van der Waals surface area contributed by atoms with Crippen LogP contribution in [0.25, 0.3) is 10.9 Å². The first-order chi connectivity index (χ1) is 12.2. The zero-order chi connectivity index (χ0) is 17.2. The maximum atomic E-state index is 13.3. The Balaban J connectivity index is 1.40. The van der Waals surface area contributed by atoms with Crippen LogP contribution in [0.1, 0.15) is 16.1 Å². The summed E-state index contributed by atoms with van der Waals surface area (Å²) >= 11 is 0. The zero-order valence-corrected chi connectivity index (χ0v) is 13.9. The highest BCUT2D eigenvalue weighted by Crippen LogP contribution is 2.18. The van der Waals surface area contributed by atoms with Crippen molar-refractivity contribution >= 4 is 16.8 Å². The van der Waals surface area contributed by atoms with Gasteiger partial charge in [0.15, 0.2) is 0 Å². The van der Waals surface area contributed by atoms with E-state index in [2.05, 4.69) is 22.0 Å². The van der Waals surface area contributed by atoms with Gasteiger partial charge in [0.2, 0.25) is 0 Å². The van der Waals surface area contributed by atoms with Gasteiger partial charge in [-0.3, -0.25) is 9.69 Å². The average Bonchev–Trinajstić information content (AvgIpc) is 3.06. The third-order valence-corrected chi connectivity index (χ3v) is 4.72. The SMILES string of the molecule is O=C(c1cc2cc(F)ccc2[nH]1)N1CCN(Cc2ccccc2)CC1. The van der Waals surface area contributed by atoms with Crippen molar-refractivity contribution in [2.75, 3.05) is 26.2 Å². The van der Waals surface area contributed by atoms with Gasteiger partial charge >= 0.3 is 0 Å². The van der Waals surface area contributed by atoms with Gasteiger partial charge in [0.1, 0.15) is 11.5 Å². The van der Waals surface area contributed by atoms with Crippen LogP contribution in [0.5, 0.6) is 0 Å². The highest BCUT2D eigenvalue weighted by atomic mass is 19.1. The van der Waals surface area contributed by atoms with Crippen molar-refractivity contribution in [2.24, 2.45) is 0 Å². The Morgan fingerprint density at radius 1 is 1.00 bits per heavy atom. The van der Waals surface area contributed by atoms with Crippen molar-refractivity contribution in [3.8, 4) is 0 Å². The van der Waals surface area contributed by atoms with Gasteiger partial charge < -0.3 is 9.88 Å². The minimum absolute atomic E-state index is 0.0176. The molecule has 2 heterocycles. The fourth-order valence-corrected chi connectivity index (χ4v) is 3.34. The topological polar surface area (TPSA) is 39.3 Å². The van der Waals surface area contributed by atoms with E-state index in [1.807, 2.05) is 23.1 Å². The summed E-state index contributed by atoms with van der Waals surface area (Å²) in [5.41, 5.74) is 2.60. The summed E-state index contributed by atoms with van der Waals surface area (Å²) in [6, 6.07) is 16.6. The number of aromatic amines is 1. The zero-order valence-electron chi connectivity index (χ0n) is 13.9. The van der Waals surface area contributed by atoms with Crippen molar-refractivity contribution in [3.63, 3.8) is 0 Å². The van der Waals surface area contributed by atoms with E-state index in [9.17, 15) is 9.18 Å². The number of nitrogens with one attached hydrogen (secondary N) is 1. The van der Waals surface area contributed by atoms with E-state index in [0.29, 0.717) is 18.8 Å². The van der Waals surface area contributed by atoms with E-state index in [1.54, 1.807) is 12.1 Å². The molecule has 1 aromatic heterocycles. The van der Waals surface area contributed by atoms with E-state index in [0.717, 1.165) is 30.5 Å². The first-order valence-electron chi connectivity index (χ1n) is 8.53. The van der Waals surface area contributed by atoms with Crippen LogP contribution in [-0.2, 0) is 6.54 Å². The summed E-state index contributed by atoms with van der Waals surface area (Å²) in [7, 11) is 0. The van der Waals surface area contributed by atoms with Crippen LogP contribution in [0.4, 0.5) is 4.39 Å². The Morgan fingerprint density at radius 2 is 1.76 bits per heavy atom. The monoisotopic (exact) mass is 337 g/mol. The molecule has 25 heavy (non-hydrogen) atoms. The number of aromatic nitrogens is 1. The molecule has 2 aromatic carbocycles. The van der Waals surface area contributed by atoms with Crippen LogP contribution in [0.15, 0.2) is 54.6 Å². The number of H-pyrrole nitrogens is 1. The van der Waals surface area contributed by atoms with Gasteiger partial charge in [0, 0.05) is 43.6 Å². The number of rotatable bonds is 3. The number of fused-ring (bicyclic) bond motifs is 1. The van der Waals surface area contributed by atoms with Crippen LogP contribution in [0, 0.1) is 5.82 Å². The minimum atomic E-state index is -0.292. The van der Waals surface area contributed by atoms with Crippen LogP contribution in [0.2, 0.25) is 0 Å². The quantitative estimate of drug-likeness (QED) is 0.797. The maximum absolute atomic E-state index is 13.3. The molecule has 0 bridgehead atoms. The Kier molecular flexibility index (Phi) is 4.24. The Bertz CT molecular complexity index is 882. The maximum Gasteiger partial charge on any atom is 0.270 e. The molecule has 4 nitrogen and oxygen atoms in total. The largest absolute Gasteiger partial charge is 0.351 e. The van der Waals surface area contributed by atoms with Gasteiger partial charge in [-0.1, -0.05) is 30.3 Å². The predicted octanol–water partition coefficient (Wildman–Crippen LogP) is 3.27. The molecule has 128 valence electrons. The molecule has 0 spiro atoms. The molecule has 1 aliphatic rings. The molecule has 5 heteroatoms. The van der Waals surface area contributed by atoms with Crippen molar-refractivity contribution in [1.82, 2.24) is 14.8 Å². The predicted molar refractivity (Wildman–Crippen MR) is 95.9 cm³/mol. The summed E-state index contributed by atoms with van der Waals surface area (Å²) in [5, 5.41) is 0.728. The van der Waals surface area contributed by atoms with E-state index >= 15 is 0 Å². The molecule has 0 atom stereocenters. The van der Waals surface area contributed by atoms with Gasteiger partial charge in [0.05, 0.1) is 0 Å². The number of piperazine rings is 1. The van der Waals surface area contributed by atoms with Gasteiger partial charge in [-0.15, -0.1) is 0 Å². The number of carbonyl (C=O) groups is 1. The average molecular weight is 337 g/mol. The molecule has 1 N–H and O–H groups in total. The number of hydrogen-bond acceptors (Lipinski definition) is 2. The Labute approximate surface area is 145 Å². The first-order valence-corrected chi connectivity index (χ1v) is 8.53. The lowest BCUT2D eigenvalue weighted by atomic mass is 10.2. The molecule has 1 amide bonds. The summed E-state index contributed by atoms with van der Waals surface area (Å²) in [6.07, 6.45) is 0. The summed E-state index contributed by atoms with van der Waals surface area (Å²) < 4.78 is 13.3. The molecule has 0 unspecified atom stereocenters. The molecule has 1 saturated heterocycles. The van der Waals surface area contributed by atoms with Crippen molar-refractivity contribution < 1.29 is 9.18 Å². The summed E-state index contributed by atoms with van der Waals surface area (Å²) in [5.74, 6) is -0.309. The second-order valence-corrected chi connectivity index (χ2v) is 6.47. The third kappa shape index (κ3) is 3.42. The van der Waals surface area contributed by atoms with Crippen LogP contribution in [-0.4, -0.2) is 46.9 Å². The molecule has 4 rings (SSSR count). The molecule has 0 saturated carbocycles. The Hall–Kier alpha value is -2.66. The molecular formula is C20H20FN3O. The van der Waals surface area contributed by atoms with Crippen LogP contribution in [0.3, 0.4) is 0 Å². The smallest absolute Gasteiger partial charge is 0.270 e. The van der Waals surface area contributed by atoms with E-state index in [4.69, 9.17) is 0 Å². The number of carbonyl (C=O) groups excluding carboxylic acids is 1. The summed E-state index contributed by atoms with van der Waals surface area (Å²) in [6.45, 7) is 4.03. The van der Waals surface area contributed by atoms with Gasteiger partial charge in [-0.05, 0) is 29.8 Å². The Morgan fingerprint density at radius 3 is 2.52 bits per heavy atom. The molecular weight excluding hydrogens is 317 g/mol. The lowest BCUT2D eigenvalue weighted by Crippen LogP contribution is -2.48. The van der Waals surface area contributed by atoms with Gasteiger partial charge in [0.25, 0.3) is 5.91 Å². The minimum Gasteiger partial charge on any atom is -0.351 e. The van der Waals surface area contributed by atoms with Crippen LogP contribution >= 0.6 is 0 Å². The normalized spacial score (nSPS) is 15.6. The number of hydrogen-bond donors (Lipinski definition) is 1. The lowest BCUT2D eigenvalue weighted by molar-refractivity contribution is 0.0623. The molecule has 3 aromatic rings. The number of amides is 1. The van der Waals surface area contributed by atoms with Crippen LogP contribution < -0.4 is 0 Å². The molecule has 1 aliphatic heterocycles. The molecule has 0 radical (unpaired) electrons. The van der Waals surface area contributed by atoms with Crippen molar-refractivity contribution in [3.05, 3.63) is 71.7 Å². The summed E-state index contributed by atoms with van der Waals surface area (Å²) in [4.78, 5) is 20.0. The standard InChI is InChI=1S/C20H20FN3O/c21-17-6-7-18-16(12-17)13-19(22-18)20(25)24-10-8-23(9-11-24)14-15-4-2-1-3-5-15/h1-7,12-13,22H,8-11,14H2. The first kappa shape index (κ1) is 15.8. The molecule has 0 aliphatic carbocycles. The van der Waals surface area contributed by atoms with Crippen molar-refractivity contribution in [2.45, 2.75) is 6.54 Å². The second-order valence-electron chi connectivity index (χ2n) is 6.47. The van der Waals surface area contributed by atoms with E-state index in [1.165, 1.54) is 17.7 Å². The second kappa shape index (κ2) is 6.69. The van der Waals surface area contributed by atoms with Crippen molar-refractivity contribution in [1.29, 1.82) is 0 Å². The highest BCUT2D eigenvalue weighted by molar-refractivity contribution is 5.98. The molecule has 1 fully saturated rings.